The Balaban J connectivity index is 2.92. The maximum Gasteiger partial charge on any atom is 0.387 e. The second-order valence-electron chi connectivity index (χ2n) is 3.18. The molecule has 0 fully saturated rings. The normalized spacial score (nSPS) is 12.6. The minimum absolute atomic E-state index is 0.0100. The van der Waals surface area contributed by atoms with Crippen LogP contribution in [0.25, 0.3) is 0 Å². The standard InChI is InChI=1S/C11H12F2O3/c1-7(14)10(15-2)8-4-3-5-9(6-8)16-11(12)13/h3-6,10-11H,1-2H3. The number of carbonyl (C=O) groups is 1. The van der Waals surface area contributed by atoms with Crippen LogP contribution in [0.2, 0.25) is 0 Å². The van der Waals surface area contributed by atoms with Gasteiger partial charge in [0.1, 0.15) is 11.9 Å². The molecule has 1 unspecified atom stereocenters. The zero-order chi connectivity index (χ0) is 12.1. The number of benzene rings is 1. The van der Waals surface area contributed by atoms with Crippen LogP contribution in [-0.4, -0.2) is 19.5 Å². The topological polar surface area (TPSA) is 35.5 Å². The van der Waals surface area contributed by atoms with E-state index in [0.717, 1.165) is 0 Å². The third-order valence-electron chi connectivity index (χ3n) is 1.99. The van der Waals surface area contributed by atoms with Crippen molar-refractivity contribution >= 4 is 5.78 Å². The Morgan fingerprint density at radius 2 is 2.06 bits per heavy atom. The molecule has 0 saturated carbocycles. The molecule has 0 amide bonds. The Bertz CT molecular complexity index is 366. The monoisotopic (exact) mass is 230 g/mol. The number of rotatable bonds is 5. The number of hydrogen-bond acceptors (Lipinski definition) is 3. The molecule has 0 spiro atoms. The average molecular weight is 230 g/mol. The quantitative estimate of drug-likeness (QED) is 0.779. The van der Waals surface area contributed by atoms with Crippen molar-refractivity contribution in [1.82, 2.24) is 0 Å². The summed E-state index contributed by atoms with van der Waals surface area (Å²) in [6, 6.07) is 5.90. The molecule has 0 aliphatic rings. The molecular weight excluding hydrogens is 218 g/mol. The van der Waals surface area contributed by atoms with E-state index in [1.165, 1.54) is 32.2 Å². The lowest BCUT2D eigenvalue weighted by Crippen LogP contribution is -2.11. The second kappa shape index (κ2) is 5.55. The molecule has 3 nitrogen and oxygen atoms in total. The number of alkyl halides is 2. The zero-order valence-corrected chi connectivity index (χ0v) is 8.94. The van der Waals surface area contributed by atoms with Crippen molar-refractivity contribution in [3.8, 4) is 5.75 Å². The van der Waals surface area contributed by atoms with Crippen LogP contribution in [0.15, 0.2) is 24.3 Å². The van der Waals surface area contributed by atoms with Gasteiger partial charge in [-0.15, -0.1) is 0 Å². The molecule has 1 rings (SSSR count). The molecule has 5 heteroatoms. The Kier molecular flexibility index (Phi) is 4.37. The van der Waals surface area contributed by atoms with Gasteiger partial charge >= 0.3 is 6.61 Å². The zero-order valence-electron chi connectivity index (χ0n) is 8.94. The number of ketones is 1. The summed E-state index contributed by atoms with van der Waals surface area (Å²) in [6.07, 6.45) is -0.749. The molecule has 0 radical (unpaired) electrons. The van der Waals surface area contributed by atoms with E-state index >= 15 is 0 Å². The molecular formula is C11H12F2O3. The molecule has 0 heterocycles. The summed E-state index contributed by atoms with van der Waals surface area (Å²) >= 11 is 0. The van der Waals surface area contributed by atoms with Gasteiger partial charge in [-0.3, -0.25) is 4.79 Å². The Morgan fingerprint density at radius 1 is 1.38 bits per heavy atom. The van der Waals surface area contributed by atoms with Crippen molar-refractivity contribution < 1.29 is 23.0 Å². The summed E-state index contributed by atoms with van der Waals surface area (Å²) in [5.41, 5.74) is 0.494. The molecule has 1 aromatic rings. The van der Waals surface area contributed by atoms with Crippen LogP contribution in [0.4, 0.5) is 8.78 Å². The average Bonchev–Trinajstić information content (AvgIpc) is 2.17. The largest absolute Gasteiger partial charge is 0.435 e. The first-order valence-corrected chi connectivity index (χ1v) is 4.62. The van der Waals surface area contributed by atoms with E-state index in [9.17, 15) is 13.6 Å². The first-order valence-electron chi connectivity index (χ1n) is 4.62. The third-order valence-corrected chi connectivity index (χ3v) is 1.99. The fourth-order valence-corrected chi connectivity index (χ4v) is 1.39. The predicted octanol–water partition coefficient (Wildman–Crippen LogP) is 2.56. The summed E-state index contributed by atoms with van der Waals surface area (Å²) in [7, 11) is 1.38. The van der Waals surface area contributed by atoms with Crippen molar-refractivity contribution in [3.63, 3.8) is 0 Å². The van der Waals surface area contributed by atoms with E-state index in [4.69, 9.17) is 4.74 Å². The Labute approximate surface area is 92.0 Å². The van der Waals surface area contributed by atoms with E-state index in [-0.39, 0.29) is 11.5 Å². The van der Waals surface area contributed by atoms with Gasteiger partial charge in [-0.05, 0) is 24.6 Å². The minimum Gasteiger partial charge on any atom is -0.435 e. The number of ether oxygens (including phenoxy) is 2. The summed E-state index contributed by atoms with van der Waals surface area (Å²) in [5.74, 6) is -0.188. The first kappa shape index (κ1) is 12.6. The molecule has 1 atom stereocenters. The number of halogens is 2. The molecule has 0 aliphatic heterocycles. The molecule has 1 aromatic carbocycles. The predicted molar refractivity (Wildman–Crippen MR) is 53.5 cm³/mol. The van der Waals surface area contributed by atoms with Crippen LogP contribution in [0.5, 0.6) is 5.75 Å². The van der Waals surface area contributed by atoms with Crippen LogP contribution in [-0.2, 0) is 9.53 Å². The van der Waals surface area contributed by atoms with Gasteiger partial charge < -0.3 is 9.47 Å². The molecule has 0 aliphatic carbocycles. The highest BCUT2D eigenvalue weighted by atomic mass is 19.3. The fraction of sp³-hybridized carbons (Fsp3) is 0.364. The molecule has 0 saturated heterocycles. The number of Topliss-reactive ketones (excluding diaryl/α,β-unsaturated/α-hetero) is 1. The van der Waals surface area contributed by atoms with Gasteiger partial charge in [0.2, 0.25) is 0 Å². The maximum absolute atomic E-state index is 12.0. The molecule has 0 N–H and O–H groups in total. The van der Waals surface area contributed by atoms with E-state index in [2.05, 4.69) is 4.74 Å². The van der Waals surface area contributed by atoms with E-state index in [1.807, 2.05) is 0 Å². The summed E-state index contributed by atoms with van der Waals surface area (Å²) in [6.45, 7) is -1.51. The van der Waals surface area contributed by atoms with Gasteiger partial charge in [-0.25, -0.2) is 0 Å². The van der Waals surface area contributed by atoms with E-state index in [0.29, 0.717) is 5.56 Å². The lowest BCUT2D eigenvalue weighted by molar-refractivity contribution is -0.126. The lowest BCUT2D eigenvalue weighted by Gasteiger charge is -2.13. The van der Waals surface area contributed by atoms with Crippen LogP contribution in [0.1, 0.15) is 18.6 Å². The summed E-state index contributed by atoms with van der Waals surface area (Å²) in [4.78, 5) is 11.2. The molecule has 16 heavy (non-hydrogen) atoms. The SMILES string of the molecule is COC(C(C)=O)c1cccc(OC(F)F)c1. The van der Waals surface area contributed by atoms with Crippen LogP contribution in [0.3, 0.4) is 0 Å². The van der Waals surface area contributed by atoms with Crippen LogP contribution in [0, 0.1) is 0 Å². The first-order chi connectivity index (χ1) is 7.54. The van der Waals surface area contributed by atoms with Crippen LogP contribution >= 0.6 is 0 Å². The summed E-state index contributed by atoms with van der Waals surface area (Å²) < 4.78 is 33.1. The smallest absolute Gasteiger partial charge is 0.387 e. The van der Waals surface area contributed by atoms with E-state index in [1.54, 1.807) is 6.07 Å². The summed E-state index contributed by atoms with van der Waals surface area (Å²) in [5, 5.41) is 0. The molecule has 88 valence electrons. The van der Waals surface area contributed by atoms with Crippen molar-refractivity contribution in [2.24, 2.45) is 0 Å². The fourth-order valence-electron chi connectivity index (χ4n) is 1.39. The van der Waals surface area contributed by atoms with Gasteiger partial charge in [0.05, 0.1) is 0 Å². The highest BCUT2D eigenvalue weighted by molar-refractivity contribution is 5.82. The second-order valence-corrected chi connectivity index (χ2v) is 3.18. The highest BCUT2D eigenvalue weighted by Gasteiger charge is 2.16. The van der Waals surface area contributed by atoms with Gasteiger partial charge in [-0.1, -0.05) is 12.1 Å². The van der Waals surface area contributed by atoms with Crippen molar-refractivity contribution in [2.45, 2.75) is 19.6 Å². The molecule has 0 aromatic heterocycles. The minimum atomic E-state index is -2.88. The van der Waals surface area contributed by atoms with Gasteiger partial charge in [0.25, 0.3) is 0 Å². The van der Waals surface area contributed by atoms with Crippen molar-refractivity contribution in [3.05, 3.63) is 29.8 Å². The van der Waals surface area contributed by atoms with E-state index < -0.39 is 12.7 Å². The van der Waals surface area contributed by atoms with Gasteiger partial charge in [0.15, 0.2) is 5.78 Å². The maximum atomic E-state index is 12.0. The highest BCUT2D eigenvalue weighted by Crippen LogP contribution is 2.23. The third kappa shape index (κ3) is 3.27. The van der Waals surface area contributed by atoms with Gasteiger partial charge in [-0.2, -0.15) is 8.78 Å². The Morgan fingerprint density at radius 3 is 2.56 bits per heavy atom. The van der Waals surface area contributed by atoms with Crippen LogP contribution < -0.4 is 4.74 Å². The van der Waals surface area contributed by atoms with Crippen molar-refractivity contribution in [2.75, 3.05) is 7.11 Å². The van der Waals surface area contributed by atoms with Crippen molar-refractivity contribution in [1.29, 1.82) is 0 Å². The lowest BCUT2D eigenvalue weighted by atomic mass is 10.1. The number of methoxy groups -OCH3 is 1. The molecule has 0 bridgehead atoms. The number of carbonyl (C=O) groups excluding carboxylic acids is 1. The Hall–Kier alpha value is -1.49. The number of hydrogen-bond donors (Lipinski definition) is 0. The van der Waals surface area contributed by atoms with Gasteiger partial charge in [0, 0.05) is 7.11 Å².